The van der Waals surface area contributed by atoms with Gasteiger partial charge in [0.25, 0.3) is 5.79 Å². The van der Waals surface area contributed by atoms with Gasteiger partial charge in [0.1, 0.15) is 11.3 Å². The van der Waals surface area contributed by atoms with Crippen molar-refractivity contribution in [2.75, 3.05) is 7.11 Å². The van der Waals surface area contributed by atoms with Crippen LogP contribution in [0.15, 0.2) is 54.1 Å². The summed E-state index contributed by atoms with van der Waals surface area (Å²) in [5.74, 6) is -1.92. The Hall–Kier alpha value is -3.08. The molecule has 0 N–H and O–H groups in total. The van der Waals surface area contributed by atoms with Gasteiger partial charge in [-0.15, -0.1) is 0 Å². The van der Waals surface area contributed by atoms with E-state index in [2.05, 4.69) is 0 Å². The topological polar surface area (TPSA) is 61.8 Å². The van der Waals surface area contributed by atoms with Crippen LogP contribution >= 0.6 is 0 Å². The lowest BCUT2D eigenvalue weighted by molar-refractivity contribution is -0.222. The smallest absolute Gasteiger partial charge is 0.348 e. The highest BCUT2D eigenvalue weighted by molar-refractivity contribution is 6.19. The number of cyclic esters (lactones) is 2. The molecule has 5 heteroatoms. The molecule has 3 rings (SSSR count). The van der Waals surface area contributed by atoms with Gasteiger partial charge in [-0.2, -0.15) is 0 Å². The molecule has 0 amide bonds. The van der Waals surface area contributed by atoms with Crippen molar-refractivity contribution in [1.82, 2.24) is 0 Å². The number of carbonyl (C=O) groups is 2. The van der Waals surface area contributed by atoms with E-state index in [1.165, 1.54) is 19.9 Å². The quantitative estimate of drug-likeness (QED) is 0.486. The minimum atomic E-state index is -1.25. The van der Waals surface area contributed by atoms with Crippen LogP contribution in [0.1, 0.15) is 19.4 Å². The van der Waals surface area contributed by atoms with Crippen LogP contribution in [0.4, 0.5) is 0 Å². The third-order valence-electron chi connectivity index (χ3n) is 3.76. The summed E-state index contributed by atoms with van der Waals surface area (Å²) >= 11 is 0. The van der Waals surface area contributed by atoms with E-state index >= 15 is 0 Å². The first-order valence-corrected chi connectivity index (χ1v) is 7.81. The number of rotatable bonds is 3. The van der Waals surface area contributed by atoms with E-state index in [0.717, 1.165) is 16.9 Å². The summed E-state index contributed by atoms with van der Waals surface area (Å²) in [7, 11) is 1.60. The fourth-order valence-corrected chi connectivity index (χ4v) is 2.61. The fourth-order valence-electron chi connectivity index (χ4n) is 2.61. The van der Waals surface area contributed by atoms with Gasteiger partial charge in [-0.1, -0.05) is 36.4 Å². The van der Waals surface area contributed by atoms with Crippen molar-refractivity contribution in [2.45, 2.75) is 19.6 Å². The molecule has 0 unspecified atom stereocenters. The number of carbonyl (C=O) groups excluding carboxylic acids is 2. The third-order valence-corrected chi connectivity index (χ3v) is 3.76. The van der Waals surface area contributed by atoms with Crippen molar-refractivity contribution >= 4 is 18.0 Å². The second kappa shape index (κ2) is 6.43. The van der Waals surface area contributed by atoms with Crippen LogP contribution in [0.2, 0.25) is 0 Å². The van der Waals surface area contributed by atoms with Gasteiger partial charge in [0.2, 0.25) is 0 Å². The first-order valence-electron chi connectivity index (χ1n) is 7.81. The van der Waals surface area contributed by atoms with E-state index in [9.17, 15) is 9.59 Å². The maximum Gasteiger partial charge on any atom is 0.348 e. The summed E-state index contributed by atoms with van der Waals surface area (Å²) in [6.07, 6.45) is 1.49. The molecule has 25 heavy (non-hydrogen) atoms. The molecule has 0 aromatic heterocycles. The van der Waals surface area contributed by atoms with E-state index in [4.69, 9.17) is 14.2 Å². The lowest BCUT2D eigenvalue weighted by Gasteiger charge is -2.29. The molecule has 1 fully saturated rings. The Kier molecular flexibility index (Phi) is 4.31. The molecule has 2 aromatic rings. The van der Waals surface area contributed by atoms with Gasteiger partial charge in [-0.25, -0.2) is 9.59 Å². The molecule has 0 saturated carbocycles. The zero-order chi connectivity index (χ0) is 18.0. The number of hydrogen-bond donors (Lipinski definition) is 0. The van der Waals surface area contributed by atoms with Crippen LogP contribution in [0, 0.1) is 0 Å². The average Bonchev–Trinajstić information content (AvgIpc) is 2.58. The Morgan fingerprint density at radius 3 is 2.32 bits per heavy atom. The Labute approximate surface area is 145 Å². The summed E-state index contributed by atoms with van der Waals surface area (Å²) in [6.45, 7) is 3.04. The van der Waals surface area contributed by atoms with Gasteiger partial charge in [-0.3, -0.25) is 0 Å². The Bertz CT molecular complexity index is 842. The molecular formula is C20H18O5. The maximum atomic E-state index is 12.2. The molecule has 1 aliphatic heterocycles. The predicted molar refractivity (Wildman–Crippen MR) is 92.7 cm³/mol. The molecule has 1 heterocycles. The van der Waals surface area contributed by atoms with Gasteiger partial charge in [0.15, 0.2) is 0 Å². The highest BCUT2D eigenvalue weighted by Crippen LogP contribution is 2.30. The monoisotopic (exact) mass is 338 g/mol. The maximum absolute atomic E-state index is 12.2. The highest BCUT2D eigenvalue weighted by atomic mass is 16.7. The molecule has 128 valence electrons. The lowest BCUT2D eigenvalue weighted by atomic mass is 9.97. The van der Waals surface area contributed by atoms with Crippen molar-refractivity contribution in [2.24, 2.45) is 0 Å². The van der Waals surface area contributed by atoms with Crippen molar-refractivity contribution in [3.05, 3.63) is 59.7 Å². The fraction of sp³-hybridized carbons (Fsp3) is 0.200. The standard InChI is InChI=1S/C20H18O5/c1-20(2)24-18(21)17(19(22)25-20)12-14-7-4-5-10-16(14)13-8-6-9-15(11-13)23-3/h4-12H,1-3H3. The van der Waals surface area contributed by atoms with Crippen molar-refractivity contribution < 1.29 is 23.8 Å². The first-order chi connectivity index (χ1) is 11.9. The van der Waals surface area contributed by atoms with E-state index < -0.39 is 17.7 Å². The largest absolute Gasteiger partial charge is 0.497 e. The van der Waals surface area contributed by atoms with Crippen molar-refractivity contribution in [3.63, 3.8) is 0 Å². The van der Waals surface area contributed by atoms with Crippen molar-refractivity contribution in [3.8, 4) is 16.9 Å². The third kappa shape index (κ3) is 3.55. The summed E-state index contributed by atoms with van der Waals surface area (Å²) in [6, 6.07) is 15.0. The summed E-state index contributed by atoms with van der Waals surface area (Å²) in [5, 5.41) is 0. The van der Waals surface area contributed by atoms with Crippen LogP contribution in [-0.2, 0) is 19.1 Å². The lowest BCUT2D eigenvalue weighted by Crippen LogP contribution is -2.41. The summed E-state index contributed by atoms with van der Waals surface area (Å²) in [5.41, 5.74) is 2.35. The minimum absolute atomic E-state index is 0.130. The molecule has 0 radical (unpaired) electrons. The summed E-state index contributed by atoms with van der Waals surface area (Å²) < 4.78 is 15.5. The molecule has 0 bridgehead atoms. The van der Waals surface area contributed by atoms with Crippen molar-refractivity contribution in [1.29, 1.82) is 0 Å². The Morgan fingerprint density at radius 1 is 0.960 bits per heavy atom. The molecule has 0 spiro atoms. The van der Waals surface area contributed by atoms with Crippen LogP contribution in [0.3, 0.4) is 0 Å². The highest BCUT2D eigenvalue weighted by Gasteiger charge is 2.38. The molecule has 1 saturated heterocycles. The molecule has 0 aliphatic carbocycles. The van der Waals surface area contributed by atoms with E-state index in [1.807, 2.05) is 48.5 Å². The average molecular weight is 338 g/mol. The molecule has 5 nitrogen and oxygen atoms in total. The molecular weight excluding hydrogens is 320 g/mol. The van der Waals surface area contributed by atoms with Gasteiger partial charge in [-0.05, 0) is 34.9 Å². The SMILES string of the molecule is COc1cccc(-c2ccccc2C=C2C(=O)OC(C)(C)OC2=O)c1. The minimum Gasteiger partial charge on any atom is -0.497 e. The van der Waals surface area contributed by atoms with E-state index in [0.29, 0.717) is 5.56 Å². The number of methoxy groups -OCH3 is 1. The zero-order valence-electron chi connectivity index (χ0n) is 14.2. The summed E-state index contributed by atoms with van der Waals surface area (Å²) in [4.78, 5) is 24.3. The number of esters is 2. The van der Waals surface area contributed by atoms with Crippen LogP contribution < -0.4 is 4.74 Å². The van der Waals surface area contributed by atoms with E-state index in [-0.39, 0.29) is 5.57 Å². The first kappa shape index (κ1) is 16.8. The number of benzene rings is 2. The normalized spacial score (nSPS) is 16.0. The number of ether oxygens (including phenoxy) is 3. The van der Waals surface area contributed by atoms with Gasteiger partial charge >= 0.3 is 11.9 Å². The van der Waals surface area contributed by atoms with Gasteiger partial charge in [0, 0.05) is 13.8 Å². The van der Waals surface area contributed by atoms with E-state index in [1.54, 1.807) is 7.11 Å². The van der Waals surface area contributed by atoms with Gasteiger partial charge in [0.05, 0.1) is 7.11 Å². The molecule has 2 aromatic carbocycles. The predicted octanol–water partition coefficient (Wildman–Crippen LogP) is 3.58. The van der Waals surface area contributed by atoms with Crippen LogP contribution in [-0.4, -0.2) is 24.8 Å². The Morgan fingerprint density at radius 2 is 1.64 bits per heavy atom. The second-order valence-corrected chi connectivity index (χ2v) is 6.06. The second-order valence-electron chi connectivity index (χ2n) is 6.06. The zero-order valence-corrected chi connectivity index (χ0v) is 14.2. The molecule has 0 atom stereocenters. The Balaban J connectivity index is 2.04. The van der Waals surface area contributed by atoms with Crippen LogP contribution in [0.5, 0.6) is 5.75 Å². The molecule has 1 aliphatic rings. The van der Waals surface area contributed by atoms with Gasteiger partial charge < -0.3 is 14.2 Å². The number of hydrogen-bond acceptors (Lipinski definition) is 5. The van der Waals surface area contributed by atoms with Crippen LogP contribution in [0.25, 0.3) is 17.2 Å².